The van der Waals surface area contributed by atoms with Gasteiger partial charge in [-0.1, -0.05) is 15.9 Å². The number of nitrogens with zero attached hydrogens (tertiary/aromatic N) is 1. The molecule has 1 aliphatic rings. The number of carbonyl (C=O) groups is 1. The van der Waals surface area contributed by atoms with Crippen molar-refractivity contribution >= 4 is 31.9 Å². The van der Waals surface area contributed by atoms with Gasteiger partial charge in [0.05, 0.1) is 10.5 Å². The highest BCUT2D eigenvalue weighted by atomic mass is 79.9. The molecule has 1 saturated heterocycles. The maximum absolute atomic E-state index is 13.8. The van der Waals surface area contributed by atoms with Gasteiger partial charge in [-0.25, -0.2) is 12.8 Å². The third-order valence-electron chi connectivity index (χ3n) is 4.31. The fourth-order valence-electron chi connectivity index (χ4n) is 2.87. The van der Waals surface area contributed by atoms with Crippen molar-refractivity contribution in [1.29, 1.82) is 0 Å². The molecular weight excluding hydrogens is 439 g/mol. The van der Waals surface area contributed by atoms with Gasteiger partial charge in [0.25, 0.3) is 5.91 Å². The zero-order chi connectivity index (χ0) is 19.6. The summed E-state index contributed by atoms with van der Waals surface area (Å²) in [5.74, 6) is -1.17. The number of benzene rings is 2. The van der Waals surface area contributed by atoms with Crippen LogP contribution in [0.15, 0.2) is 45.8 Å². The van der Waals surface area contributed by atoms with Gasteiger partial charge < -0.3 is 10.5 Å². The number of primary amides is 1. The van der Waals surface area contributed by atoms with E-state index in [4.69, 9.17) is 10.5 Å². The lowest BCUT2D eigenvalue weighted by Gasteiger charge is -2.17. The zero-order valence-electron chi connectivity index (χ0n) is 14.3. The van der Waals surface area contributed by atoms with Crippen LogP contribution in [0.2, 0.25) is 0 Å². The summed E-state index contributed by atoms with van der Waals surface area (Å²) in [7, 11) is -3.69. The van der Waals surface area contributed by atoms with Crippen LogP contribution in [0.3, 0.4) is 0 Å². The van der Waals surface area contributed by atoms with Crippen molar-refractivity contribution in [2.45, 2.75) is 24.3 Å². The minimum Gasteiger partial charge on any atom is -0.488 e. The van der Waals surface area contributed by atoms with Gasteiger partial charge in [-0.15, -0.1) is 0 Å². The molecule has 0 bridgehead atoms. The van der Waals surface area contributed by atoms with Crippen molar-refractivity contribution in [3.63, 3.8) is 0 Å². The van der Waals surface area contributed by atoms with Crippen LogP contribution in [0, 0.1) is 5.82 Å². The lowest BCUT2D eigenvalue weighted by molar-refractivity contribution is 0.0995. The lowest BCUT2D eigenvalue weighted by atomic mass is 10.2. The standard InChI is InChI=1S/C18H18BrFN2O4S/c19-13-3-5-16(20)12(9-13)11-26-17-6-4-14(10-15(17)18(21)23)27(24,25)22-7-1-2-8-22/h3-6,9-10H,1-2,7-8,11H2,(H2,21,23). The third kappa shape index (κ3) is 4.31. The molecule has 2 N–H and O–H groups in total. The van der Waals surface area contributed by atoms with E-state index in [9.17, 15) is 17.6 Å². The van der Waals surface area contributed by atoms with Crippen molar-refractivity contribution in [3.8, 4) is 5.75 Å². The van der Waals surface area contributed by atoms with Gasteiger partial charge in [-0.05, 0) is 49.2 Å². The maximum atomic E-state index is 13.8. The summed E-state index contributed by atoms with van der Waals surface area (Å²) < 4.78 is 46.8. The Morgan fingerprint density at radius 1 is 1.19 bits per heavy atom. The first-order valence-electron chi connectivity index (χ1n) is 8.30. The molecule has 6 nitrogen and oxygen atoms in total. The summed E-state index contributed by atoms with van der Waals surface area (Å²) >= 11 is 3.26. The summed E-state index contributed by atoms with van der Waals surface area (Å²) in [4.78, 5) is 11.8. The normalized spacial score (nSPS) is 15.0. The van der Waals surface area contributed by atoms with E-state index >= 15 is 0 Å². The molecule has 0 unspecified atom stereocenters. The summed E-state index contributed by atoms with van der Waals surface area (Å²) in [6.45, 7) is 0.771. The molecule has 0 saturated carbocycles. The van der Waals surface area contributed by atoms with Crippen molar-refractivity contribution in [2.75, 3.05) is 13.1 Å². The van der Waals surface area contributed by atoms with Crippen LogP contribution in [-0.2, 0) is 16.6 Å². The number of ether oxygens (including phenoxy) is 1. The molecule has 0 radical (unpaired) electrons. The van der Waals surface area contributed by atoms with Crippen LogP contribution in [0.25, 0.3) is 0 Å². The van der Waals surface area contributed by atoms with E-state index in [1.54, 1.807) is 12.1 Å². The van der Waals surface area contributed by atoms with E-state index in [1.165, 1.54) is 28.6 Å². The Kier molecular flexibility index (Phi) is 5.83. The van der Waals surface area contributed by atoms with Gasteiger partial charge in [0, 0.05) is 23.1 Å². The van der Waals surface area contributed by atoms with Crippen molar-refractivity contribution in [2.24, 2.45) is 5.73 Å². The predicted molar refractivity (Wildman–Crippen MR) is 101 cm³/mol. The Bertz CT molecular complexity index is 975. The van der Waals surface area contributed by atoms with Crippen molar-refractivity contribution in [1.82, 2.24) is 4.31 Å². The van der Waals surface area contributed by atoms with Crippen molar-refractivity contribution in [3.05, 3.63) is 57.8 Å². The topological polar surface area (TPSA) is 89.7 Å². The number of rotatable bonds is 6. The van der Waals surface area contributed by atoms with Crippen LogP contribution >= 0.6 is 15.9 Å². The van der Waals surface area contributed by atoms with Crippen LogP contribution in [-0.4, -0.2) is 31.7 Å². The largest absolute Gasteiger partial charge is 0.488 e. The van der Waals surface area contributed by atoms with Gasteiger partial charge in [0.2, 0.25) is 10.0 Å². The summed E-state index contributed by atoms with van der Waals surface area (Å²) in [5, 5.41) is 0. The Morgan fingerprint density at radius 2 is 1.89 bits per heavy atom. The van der Waals surface area contributed by atoms with Crippen LogP contribution in [0.4, 0.5) is 4.39 Å². The fraction of sp³-hybridized carbons (Fsp3) is 0.278. The highest BCUT2D eigenvalue weighted by molar-refractivity contribution is 9.10. The molecule has 0 atom stereocenters. The van der Waals surface area contributed by atoms with E-state index < -0.39 is 21.7 Å². The SMILES string of the molecule is NC(=O)c1cc(S(=O)(=O)N2CCCC2)ccc1OCc1cc(Br)ccc1F. The van der Waals surface area contributed by atoms with Crippen LogP contribution in [0.1, 0.15) is 28.8 Å². The van der Waals surface area contributed by atoms with Crippen LogP contribution in [0.5, 0.6) is 5.75 Å². The summed E-state index contributed by atoms with van der Waals surface area (Å²) in [5.41, 5.74) is 5.62. The monoisotopic (exact) mass is 456 g/mol. The summed E-state index contributed by atoms with van der Waals surface area (Å²) in [6, 6.07) is 8.37. The number of hydrogen-bond donors (Lipinski definition) is 1. The molecule has 27 heavy (non-hydrogen) atoms. The van der Waals surface area contributed by atoms with Gasteiger partial charge in [0.1, 0.15) is 18.2 Å². The number of halogens is 2. The molecule has 2 aromatic carbocycles. The number of sulfonamides is 1. The first kappa shape index (κ1) is 19.8. The molecule has 1 aliphatic heterocycles. The highest BCUT2D eigenvalue weighted by Crippen LogP contribution is 2.27. The van der Waals surface area contributed by atoms with E-state index in [0.29, 0.717) is 17.6 Å². The molecular formula is C18H18BrFN2O4S. The minimum absolute atomic E-state index is 0.0146. The van der Waals surface area contributed by atoms with Gasteiger partial charge >= 0.3 is 0 Å². The third-order valence-corrected chi connectivity index (χ3v) is 6.70. The maximum Gasteiger partial charge on any atom is 0.252 e. The summed E-state index contributed by atoms with van der Waals surface area (Å²) in [6.07, 6.45) is 1.61. The molecule has 1 heterocycles. The van der Waals surface area contributed by atoms with E-state index in [-0.39, 0.29) is 28.4 Å². The molecule has 0 spiro atoms. The Labute approximate surface area is 165 Å². The molecule has 2 aromatic rings. The molecule has 1 amide bonds. The molecule has 1 fully saturated rings. The van der Waals surface area contributed by atoms with Crippen LogP contribution < -0.4 is 10.5 Å². The first-order valence-corrected chi connectivity index (χ1v) is 10.5. The average molecular weight is 457 g/mol. The fourth-order valence-corrected chi connectivity index (χ4v) is 4.83. The molecule has 9 heteroatoms. The zero-order valence-corrected chi connectivity index (χ0v) is 16.7. The second-order valence-electron chi connectivity index (χ2n) is 6.16. The number of carbonyl (C=O) groups excluding carboxylic acids is 1. The van der Waals surface area contributed by atoms with E-state index in [2.05, 4.69) is 15.9 Å². The molecule has 144 valence electrons. The smallest absolute Gasteiger partial charge is 0.252 e. The Morgan fingerprint density at radius 3 is 2.56 bits per heavy atom. The lowest BCUT2D eigenvalue weighted by Crippen LogP contribution is -2.28. The van der Waals surface area contributed by atoms with Gasteiger partial charge in [0.15, 0.2) is 0 Å². The van der Waals surface area contributed by atoms with E-state index in [0.717, 1.165) is 12.8 Å². The first-order chi connectivity index (χ1) is 12.8. The molecule has 0 aliphatic carbocycles. The minimum atomic E-state index is -3.69. The van der Waals surface area contributed by atoms with E-state index in [1.807, 2.05) is 0 Å². The van der Waals surface area contributed by atoms with Crippen molar-refractivity contribution < 1.29 is 22.3 Å². The molecule has 0 aromatic heterocycles. The Balaban J connectivity index is 1.88. The average Bonchev–Trinajstić information content (AvgIpc) is 3.17. The quantitative estimate of drug-likeness (QED) is 0.722. The van der Waals surface area contributed by atoms with Gasteiger partial charge in [-0.2, -0.15) is 4.31 Å². The second-order valence-corrected chi connectivity index (χ2v) is 9.01. The predicted octanol–water partition coefficient (Wildman–Crippen LogP) is 3.05. The molecule has 3 rings (SSSR count). The highest BCUT2D eigenvalue weighted by Gasteiger charge is 2.28. The number of hydrogen-bond acceptors (Lipinski definition) is 4. The Hall–Kier alpha value is -1.97. The number of amides is 1. The second kappa shape index (κ2) is 7.95. The number of nitrogens with two attached hydrogens (primary N) is 1. The van der Waals surface area contributed by atoms with Gasteiger partial charge in [-0.3, -0.25) is 4.79 Å².